The molecule has 2 aliphatic rings. The molecule has 0 aromatic heterocycles. The first-order valence-electron chi connectivity index (χ1n) is 16.3. The number of ether oxygens (including phenoxy) is 2. The van der Waals surface area contributed by atoms with Gasteiger partial charge in [-0.15, -0.1) is 0 Å². The molecule has 0 unspecified atom stereocenters. The zero-order valence-corrected chi connectivity index (χ0v) is 25.3. The van der Waals surface area contributed by atoms with Crippen LogP contribution in [0.3, 0.4) is 0 Å². The highest BCUT2D eigenvalue weighted by Crippen LogP contribution is 2.44. The normalized spacial score (nSPS) is 22.7. The van der Waals surface area contributed by atoms with E-state index in [1.807, 2.05) is 12.1 Å². The molecule has 1 N–H and O–H groups in total. The zero-order valence-electron chi connectivity index (χ0n) is 25.3. The van der Waals surface area contributed by atoms with Crippen molar-refractivity contribution in [2.45, 2.75) is 109 Å². The maximum absolute atomic E-state index is 11.6. The van der Waals surface area contributed by atoms with Gasteiger partial charge in [0.05, 0.1) is 6.61 Å². The van der Waals surface area contributed by atoms with Crippen LogP contribution in [0.15, 0.2) is 55.1 Å². The van der Waals surface area contributed by atoms with Gasteiger partial charge in [-0.25, -0.2) is 4.79 Å². The fourth-order valence-electron chi connectivity index (χ4n) is 7.21. The maximum atomic E-state index is 11.6. The first-order valence-corrected chi connectivity index (χ1v) is 16.3. The lowest BCUT2D eigenvalue weighted by atomic mass is 9.68. The Balaban J connectivity index is 1.23. The molecule has 2 saturated carbocycles. The molecule has 0 radical (unpaired) electrons. The van der Waals surface area contributed by atoms with Gasteiger partial charge in [0.15, 0.2) is 0 Å². The molecule has 4 heteroatoms. The highest BCUT2D eigenvalue weighted by atomic mass is 16.5. The third-order valence-electron chi connectivity index (χ3n) is 9.71. The molecule has 0 atom stereocenters. The quantitative estimate of drug-likeness (QED) is 0.134. The number of carbonyl (C=O) groups excluding carboxylic acids is 1. The lowest BCUT2D eigenvalue weighted by molar-refractivity contribution is -0.139. The van der Waals surface area contributed by atoms with Crippen LogP contribution >= 0.6 is 0 Å². The maximum Gasteiger partial charge on any atom is 0.330 e. The molecule has 41 heavy (non-hydrogen) atoms. The highest BCUT2D eigenvalue weighted by Gasteiger charge is 2.31. The largest absolute Gasteiger partial charge is 0.491 e. The molecular weight excluding hydrogens is 508 g/mol. The van der Waals surface area contributed by atoms with Gasteiger partial charge in [-0.05, 0) is 104 Å². The Morgan fingerprint density at radius 3 is 2.22 bits per heavy atom. The zero-order chi connectivity index (χ0) is 28.9. The van der Waals surface area contributed by atoms with Crippen molar-refractivity contribution in [1.29, 1.82) is 0 Å². The molecule has 2 aromatic rings. The van der Waals surface area contributed by atoms with Gasteiger partial charge in [0.25, 0.3) is 0 Å². The van der Waals surface area contributed by atoms with Crippen molar-refractivity contribution in [1.82, 2.24) is 0 Å². The summed E-state index contributed by atoms with van der Waals surface area (Å²) in [6.07, 6.45) is 20.2. The number of aryl methyl sites for hydroxylation is 2. The molecule has 0 aliphatic heterocycles. The summed E-state index contributed by atoms with van der Waals surface area (Å²) < 4.78 is 10.9. The van der Waals surface area contributed by atoms with E-state index in [1.54, 1.807) is 0 Å². The molecular formula is C37H52O4. The molecule has 4 rings (SSSR count). The number of esters is 1. The summed E-state index contributed by atoms with van der Waals surface area (Å²) >= 11 is 0. The number of aliphatic hydroxyl groups excluding tert-OH is 1. The Kier molecular flexibility index (Phi) is 12.8. The van der Waals surface area contributed by atoms with Crippen LogP contribution in [0.25, 0.3) is 0 Å². The standard InChI is InChI=1S/C37H52O4/c1-3-5-6-7-28-10-15-31(16-11-28)33-19-21-34(22-20-33)32-17-12-29(13-18-32)8-9-30-14-23-36(40-25-24-38)35(26-30)27-41-37(39)4-2/h4,12-14,17-18,23,26,28,31,33-34,38H,2-3,5-11,15-16,19-22,24-25,27H2,1H3. The Morgan fingerprint density at radius 2 is 1.56 bits per heavy atom. The average Bonchev–Trinajstić information content (AvgIpc) is 3.03. The van der Waals surface area contributed by atoms with Gasteiger partial charge in [0.2, 0.25) is 0 Å². The molecule has 2 aliphatic carbocycles. The smallest absolute Gasteiger partial charge is 0.330 e. The second kappa shape index (κ2) is 16.8. The minimum atomic E-state index is -0.461. The van der Waals surface area contributed by atoms with E-state index in [9.17, 15) is 4.79 Å². The van der Waals surface area contributed by atoms with E-state index < -0.39 is 5.97 Å². The number of hydrogen-bond acceptors (Lipinski definition) is 4. The second-order valence-corrected chi connectivity index (χ2v) is 12.5. The summed E-state index contributed by atoms with van der Waals surface area (Å²) in [4.78, 5) is 11.6. The fraction of sp³-hybridized carbons (Fsp3) is 0.595. The third kappa shape index (κ3) is 9.74. The number of rotatable bonds is 15. The van der Waals surface area contributed by atoms with Gasteiger partial charge in [-0.1, -0.05) is 82.4 Å². The Hall–Kier alpha value is -2.59. The SMILES string of the molecule is C=CC(=O)OCc1cc(CCc2ccc(C3CCC(C4CCC(CCCCC)CC4)CC3)cc2)ccc1OCCO. The molecule has 4 nitrogen and oxygen atoms in total. The Labute approximate surface area is 248 Å². The number of hydrogen-bond donors (Lipinski definition) is 1. The van der Waals surface area contributed by atoms with Crippen molar-refractivity contribution in [2.24, 2.45) is 17.8 Å². The average molecular weight is 561 g/mol. The van der Waals surface area contributed by atoms with Gasteiger partial charge in [-0.2, -0.15) is 0 Å². The van der Waals surface area contributed by atoms with Gasteiger partial charge in [-0.3, -0.25) is 0 Å². The Bertz CT molecular complexity index is 1060. The molecule has 2 fully saturated rings. The van der Waals surface area contributed by atoms with Gasteiger partial charge in [0, 0.05) is 11.6 Å². The van der Waals surface area contributed by atoms with E-state index in [2.05, 4.69) is 43.8 Å². The minimum absolute atomic E-state index is 0.0643. The highest BCUT2D eigenvalue weighted by molar-refractivity contribution is 5.81. The van der Waals surface area contributed by atoms with Gasteiger partial charge < -0.3 is 14.6 Å². The van der Waals surface area contributed by atoms with Crippen LogP contribution in [-0.4, -0.2) is 24.3 Å². The minimum Gasteiger partial charge on any atom is -0.491 e. The monoisotopic (exact) mass is 560 g/mol. The number of aliphatic hydroxyl groups is 1. The summed E-state index contributed by atoms with van der Waals surface area (Å²) in [5.41, 5.74) is 4.84. The van der Waals surface area contributed by atoms with Crippen LogP contribution in [0.2, 0.25) is 0 Å². The number of carbonyl (C=O) groups is 1. The summed E-state index contributed by atoms with van der Waals surface area (Å²) in [5.74, 6) is 3.87. The Morgan fingerprint density at radius 1 is 0.902 bits per heavy atom. The molecule has 224 valence electrons. The molecule has 2 aromatic carbocycles. The van der Waals surface area contributed by atoms with E-state index in [4.69, 9.17) is 14.6 Å². The van der Waals surface area contributed by atoms with Crippen LogP contribution < -0.4 is 4.74 Å². The molecule has 0 heterocycles. The predicted molar refractivity (Wildman–Crippen MR) is 167 cm³/mol. The van der Waals surface area contributed by atoms with Gasteiger partial charge >= 0.3 is 5.97 Å². The van der Waals surface area contributed by atoms with E-state index in [0.29, 0.717) is 5.75 Å². The molecule has 0 bridgehead atoms. The van der Waals surface area contributed by atoms with Crippen LogP contribution in [0, 0.1) is 17.8 Å². The van der Waals surface area contributed by atoms with E-state index >= 15 is 0 Å². The van der Waals surface area contributed by atoms with Crippen molar-refractivity contribution in [3.63, 3.8) is 0 Å². The van der Waals surface area contributed by atoms with E-state index in [-0.39, 0.29) is 19.8 Å². The van der Waals surface area contributed by atoms with Crippen molar-refractivity contribution >= 4 is 5.97 Å². The number of benzene rings is 2. The van der Waals surface area contributed by atoms with Crippen molar-refractivity contribution in [2.75, 3.05) is 13.2 Å². The lowest BCUT2D eigenvalue weighted by Gasteiger charge is -2.38. The van der Waals surface area contributed by atoms with E-state index in [0.717, 1.165) is 48.2 Å². The summed E-state index contributed by atoms with van der Waals surface area (Å²) in [6.45, 7) is 6.03. The molecule has 0 amide bonds. The van der Waals surface area contributed by atoms with Crippen LogP contribution in [0.1, 0.15) is 112 Å². The van der Waals surface area contributed by atoms with Crippen molar-refractivity contribution in [3.05, 3.63) is 77.4 Å². The first kappa shape index (κ1) is 31.3. The first-order chi connectivity index (χ1) is 20.1. The van der Waals surface area contributed by atoms with Crippen molar-refractivity contribution < 1.29 is 19.4 Å². The molecule has 0 saturated heterocycles. The van der Waals surface area contributed by atoms with Gasteiger partial charge in [0.1, 0.15) is 19.0 Å². The van der Waals surface area contributed by atoms with Crippen molar-refractivity contribution in [3.8, 4) is 5.75 Å². The molecule has 0 spiro atoms. The predicted octanol–water partition coefficient (Wildman–Crippen LogP) is 8.73. The third-order valence-corrected chi connectivity index (χ3v) is 9.71. The van der Waals surface area contributed by atoms with Crippen LogP contribution in [-0.2, 0) is 29.0 Å². The fourth-order valence-corrected chi connectivity index (χ4v) is 7.21. The topological polar surface area (TPSA) is 55.8 Å². The van der Waals surface area contributed by atoms with E-state index in [1.165, 1.54) is 93.7 Å². The van der Waals surface area contributed by atoms with Crippen LogP contribution in [0.5, 0.6) is 5.75 Å². The van der Waals surface area contributed by atoms with Crippen LogP contribution in [0.4, 0.5) is 0 Å². The summed E-state index contributed by atoms with van der Waals surface area (Å²) in [5, 5.41) is 9.12. The lowest BCUT2D eigenvalue weighted by Crippen LogP contribution is -2.25. The summed E-state index contributed by atoms with van der Waals surface area (Å²) in [7, 11) is 0. The number of unbranched alkanes of at least 4 members (excludes halogenated alkanes) is 2. The summed E-state index contributed by atoms with van der Waals surface area (Å²) in [6, 6.07) is 15.4. The second-order valence-electron chi connectivity index (χ2n) is 12.5.